The van der Waals surface area contributed by atoms with Crippen molar-refractivity contribution in [3.8, 4) is 0 Å². The van der Waals surface area contributed by atoms with Gasteiger partial charge in [-0.15, -0.1) is 0 Å². The topological polar surface area (TPSA) is 148 Å². The molecule has 0 aliphatic carbocycles. The first-order chi connectivity index (χ1) is 19.2. The van der Waals surface area contributed by atoms with E-state index in [1.165, 1.54) is 19.0 Å². The van der Waals surface area contributed by atoms with Crippen molar-refractivity contribution in [3.63, 3.8) is 0 Å². The van der Waals surface area contributed by atoms with Gasteiger partial charge in [-0.25, -0.2) is 13.2 Å². The predicted octanol–water partition coefficient (Wildman–Crippen LogP) is 2.30. The fraction of sp³-hybridized carbons (Fsp3) is 0.423. The molecule has 0 bridgehead atoms. The van der Waals surface area contributed by atoms with Gasteiger partial charge in [0.2, 0.25) is 5.91 Å². The van der Waals surface area contributed by atoms with Crippen LogP contribution in [-0.2, 0) is 26.0 Å². The number of alkyl halides is 3. The summed E-state index contributed by atoms with van der Waals surface area (Å²) in [5, 5.41) is 12.9. The monoisotopic (exact) mass is 601 g/mol. The van der Waals surface area contributed by atoms with Gasteiger partial charge in [-0.3, -0.25) is 14.3 Å². The Morgan fingerprint density at radius 2 is 1.66 bits per heavy atom. The SMILES string of the molecule is CCCc1ccc(S(=O)(=O)Nc2cc(C(=O)N(C)CC(=O)NC)ccc2N2CCNCC2)cc1.O=C(O)C(F)(F)F. The van der Waals surface area contributed by atoms with E-state index in [1.54, 1.807) is 30.3 Å². The van der Waals surface area contributed by atoms with Crippen molar-refractivity contribution in [2.45, 2.75) is 30.8 Å². The molecule has 1 saturated heterocycles. The molecule has 226 valence electrons. The molecule has 41 heavy (non-hydrogen) atoms. The lowest BCUT2D eigenvalue weighted by Gasteiger charge is -2.31. The van der Waals surface area contributed by atoms with Crippen LogP contribution in [0.15, 0.2) is 47.4 Å². The molecular formula is C26H34F3N5O6S. The first kappa shape index (κ1) is 33.4. The zero-order valence-corrected chi connectivity index (χ0v) is 23.7. The van der Waals surface area contributed by atoms with Gasteiger partial charge >= 0.3 is 12.1 Å². The van der Waals surface area contributed by atoms with Crippen LogP contribution in [0.5, 0.6) is 0 Å². The molecule has 11 nitrogen and oxygen atoms in total. The smallest absolute Gasteiger partial charge is 0.475 e. The van der Waals surface area contributed by atoms with E-state index in [1.807, 2.05) is 12.1 Å². The molecule has 4 N–H and O–H groups in total. The van der Waals surface area contributed by atoms with Crippen molar-refractivity contribution in [3.05, 3.63) is 53.6 Å². The van der Waals surface area contributed by atoms with Crippen LogP contribution < -0.4 is 20.3 Å². The number of piperazine rings is 1. The van der Waals surface area contributed by atoms with Crippen molar-refractivity contribution in [2.75, 3.05) is 56.4 Å². The normalized spacial score (nSPS) is 13.5. The Kier molecular flexibility index (Phi) is 11.9. The lowest BCUT2D eigenvalue weighted by molar-refractivity contribution is -0.192. The number of halogens is 3. The first-order valence-electron chi connectivity index (χ1n) is 12.7. The summed E-state index contributed by atoms with van der Waals surface area (Å²) in [7, 11) is -0.837. The minimum Gasteiger partial charge on any atom is -0.475 e. The maximum atomic E-state index is 13.2. The van der Waals surface area contributed by atoms with Gasteiger partial charge in [0.1, 0.15) is 0 Å². The van der Waals surface area contributed by atoms with E-state index in [-0.39, 0.29) is 23.3 Å². The Labute approximate surface area is 236 Å². The lowest BCUT2D eigenvalue weighted by atomic mass is 10.1. The summed E-state index contributed by atoms with van der Waals surface area (Å²) in [5.41, 5.74) is 2.41. The van der Waals surface area contributed by atoms with Crippen LogP contribution in [0, 0.1) is 0 Å². The number of carboxylic acids is 1. The fourth-order valence-corrected chi connectivity index (χ4v) is 4.91. The number of rotatable bonds is 9. The number of likely N-dealkylation sites (N-methyl/N-ethyl adjacent to an activating group) is 2. The van der Waals surface area contributed by atoms with E-state index in [0.717, 1.165) is 31.5 Å². The highest BCUT2D eigenvalue weighted by Crippen LogP contribution is 2.30. The molecule has 1 heterocycles. The summed E-state index contributed by atoms with van der Waals surface area (Å²) >= 11 is 0. The minimum absolute atomic E-state index is 0.0972. The number of benzene rings is 2. The molecule has 2 aromatic carbocycles. The second kappa shape index (κ2) is 14.7. The molecule has 3 rings (SSSR count). The van der Waals surface area contributed by atoms with Crippen LogP contribution in [0.4, 0.5) is 24.5 Å². The van der Waals surface area contributed by atoms with Crippen LogP contribution in [0.3, 0.4) is 0 Å². The largest absolute Gasteiger partial charge is 0.490 e. The number of carbonyl (C=O) groups excluding carboxylic acids is 2. The summed E-state index contributed by atoms with van der Waals surface area (Å²) < 4.78 is 60.9. The molecule has 0 aromatic heterocycles. The average molecular weight is 602 g/mol. The van der Waals surface area contributed by atoms with Crippen molar-refractivity contribution in [1.82, 2.24) is 15.5 Å². The van der Waals surface area contributed by atoms with Crippen LogP contribution in [0.2, 0.25) is 0 Å². The molecule has 2 aromatic rings. The number of carbonyl (C=O) groups is 3. The molecular weight excluding hydrogens is 567 g/mol. The number of carboxylic acid groups (broad SMARTS) is 1. The number of nitrogens with zero attached hydrogens (tertiary/aromatic N) is 2. The molecule has 0 saturated carbocycles. The van der Waals surface area contributed by atoms with Crippen molar-refractivity contribution in [2.24, 2.45) is 0 Å². The molecule has 1 aliphatic heterocycles. The van der Waals surface area contributed by atoms with Crippen LogP contribution in [0.25, 0.3) is 0 Å². The lowest BCUT2D eigenvalue weighted by Crippen LogP contribution is -2.44. The number of nitrogens with one attached hydrogen (secondary N) is 3. The molecule has 0 spiro atoms. The molecule has 2 amide bonds. The zero-order chi connectivity index (χ0) is 30.8. The number of sulfonamides is 1. The number of hydrogen-bond acceptors (Lipinski definition) is 7. The second-order valence-corrected chi connectivity index (χ2v) is 10.8. The minimum atomic E-state index is -5.08. The van der Waals surface area contributed by atoms with Gasteiger partial charge in [0.25, 0.3) is 15.9 Å². The average Bonchev–Trinajstić information content (AvgIpc) is 2.93. The number of hydrogen-bond donors (Lipinski definition) is 4. The molecule has 0 atom stereocenters. The highest BCUT2D eigenvalue weighted by Gasteiger charge is 2.38. The maximum absolute atomic E-state index is 13.2. The van der Waals surface area contributed by atoms with E-state index >= 15 is 0 Å². The fourth-order valence-electron chi connectivity index (χ4n) is 3.85. The van der Waals surface area contributed by atoms with Gasteiger partial charge in [-0.05, 0) is 42.3 Å². The van der Waals surface area contributed by atoms with Crippen molar-refractivity contribution >= 4 is 39.2 Å². The van der Waals surface area contributed by atoms with Gasteiger partial charge in [0.05, 0.1) is 22.8 Å². The zero-order valence-electron chi connectivity index (χ0n) is 22.9. The summed E-state index contributed by atoms with van der Waals surface area (Å²) in [6.45, 7) is 4.96. The Balaban J connectivity index is 0.000000745. The summed E-state index contributed by atoms with van der Waals surface area (Å²) in [4.78, 5) is 37.0. The maximum Gasteiger partial charge on any atom is 0.490 e. The van der Waals surface area contributed by atoms with Gasteiger partial charge < -0.3 is 25.5 Å². The first-order valence-corrected chi connectivity index (χ1v) is 14.2. The quantitative estimate of drug-likeness (QED) is 0.342. The van der Waals surface area contributed by atoms with Gasteiger partial charge in [-0.1, -0.05) is 25.5 Å². The predicted molar refractivity (Wildman–Crippen MR) is 147 cm³/mol. The van der Waals surface area contributed by atoms with Crippen LogP contribution in [-0.4, -0.2) is 89.2 Å². The second-order valence-electron chi connectivity index (χ2n) is 9.11. The van der Waals surface area contributed by atoms with Gasteiger partial charge in [0, 0.05) is 45.8 Å². The number of aliphatic carboxylic acids is 1. The molecule has 0 unspecified atom stereocenters. The molecule has 0 radical (unpaired) electrons. The van der Waals surface area contributed by atoms with Crippen LogP contribution >= 0.6 is 0 Å². The third kappa shape index (κ3) is 9.93. The Hall–Kier alpha value is -3.85. The molecule has 1 aliphatic rings. The van der Waals surface area contributed by atoms with E-state index in [4.69, 9.17) is 9.90 Å². The number of anilines is 2. The highest BCUT2D eigenvalue weighted by atomic mass is 32.2. The Morgan fingerprint density at radius 1 is 1.07 bits per heavy atom. The third-order valence-electron chi connectivity index (χ3n) is 5.97. The molecule has 1 fully saturated rings. The Morgan fingerprint density at radius 3 is 2.17 bits per heavy atom. The third-order valence-corrected chi connectivity index (χ3v) is 7.35. The summed E-state index contributed by atoms with van der Waals surface area (Å²) in [6, 6.07) is 11.8. The van der Waals surface area contributed by atoms with Crippen LogP contribution in [0.1, 0.15) is 29.3 Å². The number of aryl methyl sites for hydroxylation is 1. The van der Waals surface area contributed by atoms with Crippen molar-refractivity contribution < 1.29 is 41.1 Å². The highest BCUT2D eigenvalue weighted by molar-refractivity contribution is 7.92. The van der Waals surface area contributed by atoms with Crippen molar-refractivity contribution in [1.29, 1.82) is 0 Å². The number of amides is 2. The summed E-state index contributed by atoms with van der Waals surface area (Å²) in [5.74, 6) is -3.42. The standard InChI is InChI=1S/C24H33N5O4S.C2HF3O2/c1-4-5-18-6-9-20(10-7-18)34(32,33)27-21-16-19(24(31)28(3)17-23(30)25-2)8-11-22(21)29-14-12-26-13-15-29;3-2(4,5)1(6)7/h6-11,16,26-27H,4-5,12-15,17H2,1-3H3,(H,25,30);(H,6,7). The Bertz CT molecular complexity index is 1310. The summed E-state index contributed by atoms with van der Waals surface area (Å²) in [6.07, 6.45) is -3.22. The van der Waals surface area contributed by atoms with E-state index in [9.17, 15) is 31.2 Å². The van der Waals surface area contributed by atoms with E-state index in [2.05, 4.69) is 27.2 Å². The molecule has 15 heteroatoms. The van der Waals surface area contributed by atoms with E-state index in [0.29, 0.717) is 30.0 Å². The van der Waals surface area contributed by atoms with E-state index < -0.39 is 22.2 Å². The van der Waals surface area contributed by atoms with Gasteiger partial charge in [0.15, 0.2) is 0 Å². The van der Waals surface area contributed by atoms with Gasteiger partial charge in [-0.2, -0.15) is 13.2 Å².